The van der Waals surface area contributed by atoms with Crippen molar-refractivity contribution < 1.29 is 4.74 Å². The fourth-order valence-corrected chi connectivity index (χ4v) is 2.27. The Labute approximate surface area is 115 Å². The van der Waals surface area contributed by atoms with Crippen LogP contribution < -0.4 is 10.2 Å². The summed E-state index contributed by atoms with van der Waals surface area (Å²) in [7, 11) is 0. The summed E-state index contributed by atoms with van der Waals surface area (Å²) >= 11 is 0. The zero-order valence-corrected chi connectivity index (χ0v) is 11.9. The highest BCUT2D eigenvalue weighted by atomic mass is 16.5. The van der Waals surface area contributed by atoms with Crippen molar-refractivity contribution >= 4 is 11.6 Å². The molecule has 1 N–H and O–H groups in total. The van der Waals surface area contributed by atoms with Crippen molar-refractivity contribution in [1.82, 2.24) is 9.97 Å². The quantitative estimate of drug-likeness (QED) is 0.819. The van der Waals surface area contributed by atoms with Crippen LogP contribution >= 0.6 is 0 Å². The third kappa shape index (κ3) is 4.06. The lowest BCUT2D eigenvalue weighted by atomic mass is 10.2. The lowest BCUT2D eigenvalue weighted by Crippen LogP contribution is -2.32. The normalized spacial score (nSPS) is 18.5. The molecule has 1 unspecified atom stereocenters. The van der Waals surface area contributed by atoms with Gasteiger partial charge in [-0.1, -0.05) is 6.92 Å². The number of ether oxygens (including phenoxy) is 1. The van der Waals surface area contributed by atoms with E-state index in [1.54, 1.807) is 6.20 Å². The molecule has 1 fully saturated rings. The Bertz CT molecular complexity index is 379. The first-order chi connectivity index (χ1) is 9.33. The van der Waals surface area contributed by atoms with Gasteiger partial charge in [-0.05, 0) is 26.2 Å². The van der Waals surface area contributed by atoms with Crippen LogP contribution in [-0.2, 0) is 4.74 Å². The van der Waals surface area contributed by atoms with E-state index in [1.165, 1.54) is 6.42 Å². The van der Waals surface area contributed by atoms with Crippen LogP contribution in [0.5, 0.6) is 0 Å². The largest absolute Gasteiger partial charge is 0.376 e. The van der Waals surface area contributed by atoms with Gasteiger partial charge in [0, 0.05) is 26.2 Å². The van der Waals surface area contributed by atoms with E-state index in [9.17, 15) is 0 Å². The summed E-state index contributed by atoms with van der Waals surface area (Å²) in [4.78, 5) is 11.1. The van der Waals surface area contributed by atoms with Crippen LogP contribution in [0.1, 0.15) is 33.1 Å². The predicted molar refractivity (Wildman–Crippen MR) is 77.7 cm³/mol. The van der Waals surface area contributed by atoms with Gasteiger partial charge in [0.05, 0.1) is 18.5 Å². The van der Waals surface area contributed by atoms with Gasteiger partial charge >= 0.3 is 0 Å². The van der Waals surface area contributed by atoms with Gasteiger partial charge in [0.2, 0.25) is 0 Å². The minimum atomic E-state index is 0.342. The monoisotopic (exact) mass is 264 g/mol. The van der Waals surface area contributed by atoms with E-state index in [2.05, 4.69) is 34.0 Å². The minimum Gasteiger partial charge on any atom is -0.376 e. The second-order valence-corrected chi connectivity index (χ2v) is 4.86. The van der Waals surface area contributed by atoms with Crippen molar-refractivity contribution in [1.29, 1.82) is 0 Å². The second-order valence-electron chi connectivity index (χ2n) is 4.86. The Morgan fingerprint density at radius 2 is 2.32 bits per heavy atom. The molecule has 0 radical (unpaired) electrons. The van der Waals surface area contributed by atoms with Gasteiger partial charge in [-0.3, -0.25) is 4.98 Å². The van der Waals surface area contributed by atoms with Gasteiger partial charge < -0.3 is 15.0 Å². The highest BCUT2D eigenvalue weighted by molar-refractivity contribution is 5.43. The first kappa shape index (κ1) is 14.1. The molecule has 0 saturated carbocycles. The lowest BCUT2D eigenvalue weighted by Gasteiger charge is -2.25. The number of nitrogens with zero attached hydrogens (tertiary/aromatic N) is 3. The lowest BCUT2D eigenvalue weighted by molar-refractivity contribution is 0.115. The summed E-state index contributed by atoms with van der Waals surface area (Å²) in [6.07, 6.45) is 7.35. The fraction of sp³-hybridized carbons (Fsp3) is 0.714. The number of likely N-dealkylation sites (N-methyl/N-ethyl adjacent to an activating group) is 1. The smallest absolute Gasteiger partial charge is 0.149 e. The molecule has 2 heterocycles. The van der Waals surface area contributed by atoms with Crippen molar-refractivity contribution in [2.45, 2.75) is 39.2 Å². The molecule has 1 saturated heterocycles. The van der Waals surface area contributed by atoms with Crippen LogP contribution in [-0.4, -0.2) is 42.3 Å². The second kappa shape index (κ2) is 7.28. The van der Waals surface area contributed by atoms with Crippen LogP contribution in [0.25, 0.3) is 0 Å². The highest BCUT2D eigenvalue weighted by Gasteiger charge is 2.19. The van der Waals surface area contributed by atoms with Crippen molar-refractivity contribution in [3.8, 4) is 0 Å². The number of nitrogens with one attached hydrogen (secondary N) is 1. The molecular formula is C14H24N4O. The summed E-state index contributed by atoms with van der Waals surface area (Å²) in [6.45, 7) is 7.93. The molecule has 0 amide bonds. The Kier molecular flexibility index (Phi) is 5.39. The molecule has 0 aromatic carbocycles. The molecule has 1 atom stereocenters. The Balaban J connectivity index is 2.00. The topological polar surface area (TPSA) is 50.3 Å². The standard InChI is InChI=1S/C14H24N4O/c1-3-7-16-13-9-15-10-14(17-13)18(4-2)11-12-6-5-8-19-12/h9-10,12H,3-8,11H2,1-2H3,(H,16,17). The van der Waals surface area contributed by atoms with E-state index in [1.807, 2.05) is 6.20 Å². The molecule has 2 rings (SSSR count). The first-order valence-corrected chi connectivity index (χ1v) is 7.26. The number of hydrogen-bond donors (Lipinski definition) is 1. The van der Waals surface area contributed by atoms with Crippen LogP contribution in [0.2, 0.25) is 0 Å². The van der Waals surface area contributed by atoms with Gasteiger partial charge in [0.25, 0.3) is 0 Å². The van der Waals surface area contributed by atoms with E-state index >= 15 is 0 Å². The zero-order chi connectivity index (χ0) is 13.5. The molecule has 1 aliphatic heterocycles. The van der Waals surface area contributed by atoms with E-state index in [0.717, 1.165) is 50.7 Å². The summed E-state index contributed by atoms with van der Waals surface area (Å²) in [5.41, 5.74) is 0. The van der Waals surface area contributed by atoms with Crippen LogP contribution in [0, 0.1) is 0 Å². The summed E-state index contributed by atoms with van der Waals surface area (Å²) in [5, 5.41) is 3.28. The summed E-state index contributed by atoms with van der Waals surface area (Å²) in [6, 6.07) is 0. The van der Waals surface area contributed by atoms with Crippen molar-refractivity contribution in [2.24, 2.45) is 0 Å². The summed E-state index contributed by atoms with van der Waals surface area (Å²) < 4.78 is 5.70. The van der Waals surface area contributed by atoms with Gasteiger partial charge in [0.1, 0.15) is 11.6 Å². The molecule has 1 aromatic rings. The molecule has 0 spiro atoms. The number of hydrogen-bond acceptors (Lipinski definition) is 5. The molecule has 5 nitrogen and oxygen atoms in total. The summed E-state index contributed by atoms with van der Waals surface area (Å²) in [5.74, 6) is 1.78. The molecule has 0 bridgehead atoms. The average Bonchev–Trinajstić information content (AvgIpc) is 2.96. The van der Waals surface area contributed by atoms with E-state index < -0.39 is 0 Å². The Morgan fingerprint density at radius 1 is 1.42 bits per heavy atom. The van der Waals surface area contributed by atoms with Gasteiger partial charge in [0.15, 0.2) is 0 Å². The molecule has 1 aliphatic rings. The van der Waals surface area contributed by atoms with Crippen molar-refractivity contribution in [2.75, 3.05) is 36.5 Å². The van der Waals surface area contributed by atoms with Crippen LogP contribution in [0.4, 0.5) is 11.6 Å². The maximum Gasteiger partial charge on any atom is 0.149 e. The molecule has 106 valence electrons. The highest BCUT2D eigenvalue weighted by Crippen LogP contribution is 2.18. The minimum absolute atomic E-state index is 0.342. The van der Waals surface area contributed by atoms with Gasteiger partial charge in [-0.25, -0.2) is 4.98 Å². The van der Waals surface area contributed by atoms with Crippen LogP contribution in [0.3, 0.4) is 0 Å². The Hall–Kier alpha value is -1.36. The molecule has 19 heavy (non-hydrogen) atoms. The maximum absolute atomic E-state index is 5.70. The third-order valence-corrected chi connectivity index (χ3v) is 3.33. The maximum atomic E-state index is 5.70. The van der Waals surface area contributed by atoms with E-state index in [0.29, 0.717) is 6.10 Å². The van der Waals surface area contributed by atoms with E-state index in [4.69, 9.17) is 4.74 Å². The molecule has 1 aromatic heterocycles. The average molecular weight is 264 g/mol. The third-order valence-electron chi connectivity index (χ3n) is 3.33. The van der Waals surface area contributed by atoms with Gasteiger partial charge in [-0.2, -0.15) is 0 Å². The SMILES string of the molecule is CCCNc1cncc(N(CC)CC2CCCO2)n1. The van der Waals surface area contributed by atoms with Crippen LogP contribution in [0.15, 0.2) is 12.4 Å². The number of anilines is 2. The fourth-order valence-electron chi connectivity index (χ4n) is 2.27. The van der Waals surface area contributed by atoms with Gasteiger partial charge in [-0.15, -0.1) is 0 Å². The number of aromatic nitrogens is 2. The Morgan fingerprint density at radius 3 is 3.00 bits per heavy atom. The molecule has 5 heteroatoms. The molecule has 0 aliphatic carbocycles. The van der Waals surface area contributed by atoms with Crippen molar-refractivity contribution in [3.05, 3.63) is 12.4 Å². The van der Waals surface area contributed by atoms with Crippen molar-refractivity contribution in [3.63, 3.8) is 0 Å². The van der Waals surface area contributed by atoms with E-state index in [-0.39, 0.29) is 0 Å². The molecular weight excluding hydrogens is 240 g/mol. The zero-order valence-electron chi connectivity index (χ0n) is 11.9. The number of rotatable bonds is 7. The first-order valence-electron chi connectivity index (χ1n) is 7.26. The predicted octanol–water partition coefficient (Wildman–Crippen LogP) is 2.30.